The molecule has 0 aliphatic rings. The fourth-order valence-corrected chi connectivity index (χ4v) is 5.73. The zero-order valence-electron chi connectivity index (χ0n) is 29.9. The van der Waals surface area contributed by atoms with Gasteiger partial charge in [0.1, 0.15) is 17.2 Å². The molecule has 0 fully saturated rings. The predicted octanol–water partition coefficient (Wildman–Crippen LogP) is 12.3. The first kappa shape index (κ1) is 38.9. The first-order valence-corrected chi connectivity index (χ1v) is 17.5. The van der Waals surface area contributed by atoms with E-state index < -0.39 is 0 Å². The van der Waals surface area contributed by atoms with Gasteiger partial charge in [0.25, 0.3) is 0 Å². The van der Waals surface area contributed by atoms with E-state index in [2.05, 4.69) is 74.4 Å². The number of phenolic OH excluding ortho intramolecular Hbond substituents is 2. The number of aromatic hydroxyl groups is 2. The van der Waals surface area contributed by atoms with E-state index in [1.807, 2.05) is 12.1 Å². The van der Waals surface area contributed by atoms with Crippen LogP contribution >= 0.6 is 0 Å². The summed E-state index contributed by atoms with van der Waals surface area (Å²) in [5, 5.41) is 21.1. The second kappa shape index (κ2) is 20.0. The minimum absolute atomic E-state index is 0.0986. The molecular weight excluding hydrogens is 528 g/mol. The average Bonchev–Trinajstić information content (AvgIpc) is 2.93. The van der Waals surface area contributed by atoms with E-state index in [4.69, 9.17) is 4.74 Å². The van der Waals surface area contributed by atoms with E-state index in [1.54, 1.807) is 7.11 Å². The number of phenols is 2. The topological polar surface area (TPSA) is 49.7 Å². The number of unbranched alkanes of at least 4 members (excludes halogenated alkanes) is 12. The smallest absolute Gasteiger partial charge is 0.123 e. The molecule has 0 atom stereocenters. The molecule has 0 aromatic heterocycles. The van der Waals surface area contributed by atoms with Crippen LogP contribution in [0.1, 0.15) is 173 Å². The van der Waals surface area contributed by atoms with Crippen LogP contribution in [0.3, 0.4) is 0 Å². The molecule has 3 heteroatoms. The van der Waals surface area contributed by atoms with Crippen LogP contribution in [0.5, 0.6) is 17.2 Å². The molecular formula is C40H68O3. The number of rotatable bonds is 17. The highest BCUT2D eigenvalue weighted by Crippen LogP contribution is 2.41. The normalized spacial score (nSPS) is 11.8. The van der Waals surface area contributed by atoms with Crippen molar-refractivity contribution in [3.8, 4) is 17.2 Å². The molecule has 0 radical (unpaired) electrons. The van der Waals surface area contributed by atoms with Gasteiger partial charge >= 0.3 is 0 Å². The van der Waals surface area contributed by atoms with E-state index in [0.29, 0.717) is 11.5 Å². The van der Waals surface area contributed by atoms with Crippen molar-refractivity contribution in [2.75, 3.05) is 7.11 Å². The van der Waals surface area contributed by atoms with Gasteiger partial charge in [-0.3, -0.25) is 0 Å². The number of ether oxygens (including phenoxy) is 1. The van der Waals surface area contributed by atoms with Crippen LogP contribution in [-0.2, 0) is 23.7 Å². The summed E-state index contributed by atoms with van der Waals surface area (Å²) in [6.07, 6.45) is 20.7. The summed E-state index contributed by atoms with van der Waals surface area (Å²) >= 11 is 0. The van der Waals surface area contributed by atoms with E-state index in [0.717, 1.165) is 29.7 Å². The lowest BCUT2D eigenvalue weighted by atomic mass is 9.79. The van der Waals surface area contributed by atoms with Crippen molar-refractivity contribution in [3.05, 3.63) is 52.1 Å². The molecule has 2 aromatic rings. The maximum Gasteiger partial charge on any atom is 0.123 e. The average molecular weight is 597 g/mol. The zero-order valence-corrected chi connectivity index (χ0v) is 29.9. The van der Waals surface area contributed by atoms with Gasteiger partial charge in [0, 0.05) is 11.1 Å². The third-order valence-electron chi connectivity index (χ3n) is 8.45. The lowest BCUT2D eigenvalue weighted by molar-refractivity contribution is 0.395. The van der Waals surface area contributed by atoms with E-state index in [1.165, 1.54) is 107 Å². The highest BCUT2D eigenvalue weighted by Gasteiger charge is 2.26. The summed E-state index contributed by atoms with van der Waals surface area (Å²) in [5.74, 6) is 1.79. The van der Waals surface area contributed by atoms with Crippen molar-refractivity contribution in [2.24, 2.45) is 0 Å². The standard InChI is InChI=1S/C25H44O.C15H24O2/c1-4-6-8-10-12-14-16-18-23-20-22(3)21-24(25(23)26)19-17-15-13-11-9-7-5-2;1-14(2,3)11-8-10(17-7)9-12(13(11)16)15(4,5)6/h20-21,26H,4-19H2,1-3H3;8-9,16H,1-7H3. The van der Waals surface area contributed by atoms with E-state index >= 15 is 0 Å². The van der Waals surface area contributed by atoms with Gasteiger partial charge in [-0.15, -0.1) is 0 Å². The number of aryl methyl sites for hydroxylation is 3. The number of methoxy groups -OCH3 is 1. The third-order valence-corrected chi connectivity index (χ3v) is 8.45. The molecule has 2 N–H and O–H groups in total. The number of hydrogen-bond acceptors (Lipinski definition) is 3. The Morgan fingerprint density at radius 3 is 1.21 bits per heavy atom. The van der Waals surface area contributed by atoms with Crippen molar-refractivity contribution >= 4 is 0 Å². The van der Waals surface area contributed by atoms with Crippen LogP contribution in [0.15, 0.2) is 24.3 Å². The molecule has 0 bridgehead atoms. The molecule has 0 aliphatic carbocycles. The Bertz CT molecular complexity index is 965. The van der Waals surface area contributed by atoms with Crippen LogP contribution in [0.2, 0.25) is 0 Å². The summed E-state index contributed by atoms with van der Waals surface area (Å²) in [5.41, 5.74) is 5.33. The van der Waals surface area contributed by atoms with Gasteiger partial charge in [-0.2, -0.15) is 0 Å². The van der Waals surface area contributed by atoms with Gasteiger partial charge in [0.2, 0.25) is 0 Å². The van der Waals surface area contributed by atoms with E-state index in [-0.39, 0.29) is 10.8 Å². The molecule has 0 spiro atoms. The van der Waals surface area contributed by atoms with Crippen molar-refractivity contribution in [1.82, 2.24) is 0 Å². The summed E-state index contributed by atoms with van der Waals surface area (Å²) in [6, 6.07) is 8.23. The van der Waals surface area contributed by atoms with Gasteiger partial charge in [0.15, 0.2) is 0 Å². The number of hydrogen-bond donors (Lipinski definition) is 2. The first-order valence-electron chi connectivity index (χ1n) is 17.5. The largest absolute Gasteiger partial charge is 0.507 e. The minimum Gasteiger partial charge on any atom is -0.507 e. The molecule has 43 heavy (non-hydrogen) atoms. The fraction of sp³-hybridized carbons (Fsp3) is 0.700. The van der Waals surface area contributed by atoms with Gasteiger partial charge in [0.05, 0.1) is 7.11 Å². The second-order valence-corrected chi connectivity index (χ2v) is 14.7. The van der Waals surface area contributed by atoms with Crippen LogP contribution in [0.4, 0.5) is 0 Å². The van der Waals surface area contributed by atoms with Gasteiger partial charge in [-0.05, 0) is 66.7 Å². The second-order valence-electron chi connectivity index (χ2n) is 14.7. The highest BCUT2D eigenvalue weighted by atomic mass is 16.5. The molecule has 0 saturated carbocycles. The predicted molar refractivity (Wildman–Crippen MR) is 188 cm³/mol. The van der Waals surface area contributed by atoms with E-state index in [9.17, 15) is 10.2 Å². The van der Waals surface area contributed by atoms with Crippen LogP contribution in [-0.4, -0.2) is 17.3 Å². The van der Waals surface area contributed by atoms with Gasteiger partial charge in [-0.25, -0.2) is 0 Å². The monoisotopic (exact) mass is 597 g/mol. The lowest BCUT2D eigenvalue weighted by Gasteiger charge is -2.27. The summed E-state index contributed by atoms with van der Waals surface area (Å²) in [7, 11) is 1.66. The molecule has 2 rings (SSSR count). The van der Waals surface area contributed by atoms with Crippen molar-refractivity contribution in [1.29, 1.82) is 0 Å². The molecule has 246 valence electrons. The first-order chi connectivity index (χ1) is 20.3. The van der Waals surface area contributed by atoms with Crippen molar-refractivity contribution in [3.63, 3.8) is 0 Å². The zero-order chi connectivity index (χ0) is 32.5. The third kappa shape index (κ3) is 14.9. The van der Waals surface area contributed by atoms with Gasteiger partial charge in [-0.1, -0.05) is 150 Å². The summed E-state index contributed by atoms with van der Waals surface area (Å²) in [6.45, 7) is 19.3. The quantitative estimate of drug-likeness (QED) is 0.179. The maximum absolute atomic E-state index is 10.7. The fourth-order valence-electron chi connectivity index (χ4n) is 5.73. The Morgan fingerprint density at radius 1 is 0.535 bits per heavy atom. The summed E-state index contributed by atoms with van der Waals surface area (Å²) < 4.78 is 5.33. The SMILES string of the molecule is CCCCCCCCCc1cc(C)cc(CCCCCCCCC)c1O.COc1cc(C(C)(C)C)c(O)c(C(C)(C)C)c1. The molecule has 0 amide bonds. The summed E-state index contributed by atoms with van der Waals surface area (Å²) in [4.78, 5) is 0. The maximum atomic E-state index is 10.7. The minimum atomic E-state index is -0.0986. The van der Waals surface area contributed by atoms with Crippen molar-refractivity contribution in [2.45, 2.75) is 176 Å². The van der Waals surface area contributed by atoms with Crippen LogP contribution < -0.4 is 4.74 Å². The lowest BCUT2D eigenvalue weighted by Crippen LogP contribution is -2.17. The molecule has 2 aromatic carbocycles. The molecule has 0 heterocycles. The Labute approximate surface area is 266 Å². The Hall–Kier alpha value is -2.16. The Balaban J connectivity index is 0.000000469. The number of benzene rings is 2. The molecule has 0 unspecified atom stereocenters. The van der Waals surface area contributed by atoms with Crippen molar-refractivity contribution < 1.29 is 14.9 Å². The molecule has 0 aliphatic heterocycles. The Morgan fingerprint density at radius 2 is 0.884 bits per heavy atom. The highest BCUT2D eigenvalue weighted by molar-refractivity contribution is 5.52. The molecule has 0 saturated heterocycles. The van der Waals surface area contributed by atoms with Crippen LogP contribution in [0, 0.1) is 6.92 Å². The Kier molecular flexibility index (Phi) is 18.1. The van der Waals surface area contributed by atoms with Crippen LogP contribution in [0.25, 0.3) is 0 Å². The van der Waals surface area contributed by atoms with Gasteiger partial charge < -0.3 is 14.9 Å². The molecule has 3 nitrogen and oxygen atoms in total.